The van der Waals surface area contributed by atoms with E-state index in [1.165, 1.54) is 0 Å². The Morgan fingerprint density at radius 2 is 1.96 bits per heavy atom. The molecule has 0 radical (unpaired) electrons. The first-order valence-corrected chi connectivity index (χ1v) is 8.69. The fourth-order valence-electron chi connectivity index (χ4n) is 3.68. The molecule has 2 aliphatic rings. The molecule has 2 aliphatic heterocycles. The number of aliphatic hydroxyl groups excluding tert-OH is 3. The van der Waals surface area contributed by atoms with Crippen LogP contribution in [0.1, 0.15) is 24.8 Å². The highest BCUT2D eigenvalue weighted by Gasteiger charge is 2.47. The van der Waals surface area contributed by atoms with Crippen molar-refractivity contribution < 1.29 is 24.8 Å². The number of hydrogen-bond donors (Lipinski definition) is 3. The van der Waals surface area contributed by atoms with E-state index in [1.54, 1.807) is 0 Å². The van der Waals surface area contributed by atoms with Gasteiger partial charge in [-0.15, -0.1) is 0 Å². The zero-order valence-electron chi connectivity index (χ0n) is 13.9. The van der Waals surface area contributed by atoms with E-state index in [2.05, 4.69) is 4.90 Å². The molecule has 24 heavy (non-hydrogen) atoms. The lowest BCUT2D eigenvalue weighted by Crippen LogP contribution is -2.59. The molecule has 0 aliphatic carbocycles. The average Bonchev–Trinajstić information content (AvgIpc) is 2.61. The average molecular weight is 337 g/mol. The predicted molar refractivity (Wildman–Crippen MR) is 88.8 cm³/mol. The molecule has 1 aromatic carbocycles. The van der Waals surface area contributed by atoms with Gasteiger partial charge in [-0.2, -0.15) is 0 Å². The lowest BCUT2D eigenvalue weighted by atomic mass is 9.80. The molecule has 1 spiro atoms. The Bertz CT molecular complexity index is 530. The molecular weight excluding hydrogens is 310 g/mol. The van der Waals surface area contributed by atoms with Gasteiger partial charge in [0.2, 0.25) is 0 Å². The summed E-state index contributed by atoms with van der Waals surface area (Å²) in [6.45, 7) is 3.17. The van der Waals surface area contributed by atoms with Crippen molar-refractivity contribution in [3.8, 4) is 5.75 Å². The highest BCUT2D eigenvalue weighted by atomic mass is 16.5. The van der Waals surface area contributed by atoms with E-state index in [0.717, 1.165) is 30.9 Å². The Labute approximate surface area is 142 Å². The second-order valence-corrected chi connectivity index (χ2v) is 6.67. The van der Waals surface area contributed by atoms with Crippen molar-refractivity contribution >= 4 is 0 Å². The Morgan fingerprint density at radius 1 is 1.21 bits per heavy atom. The Hall–Kier alpha value is -1.18. The third-order valence-corrected chi connectivity index (χ3v) is 5.12. The molecule has 2 heterocycles. The van der Waals surface area contributed by atoms with Crippen molar-refractivity contribution in [3.05, 3.63) is 29.8 Å². The zero-order valence-corrected chi connectivity index (χ0v) is 13.9. The summed E-state index contributed by atoms with van der Waals surface area (Å²) in [7, 11) is 0. The van der Waals surface area contributed by atoms with Crippen LogP contribution in [-0.4, -0.2) is 70.9 Å². The zero-order chi connectivity index (χ0) is 17.0. The molecule has 0 amide bonds. The van der Waals surface area contributed by atoms with Crippen LogP contribution in [0.5, 0.6) is 5.75 Å². The van der Waals surface area contributed by atoms with E-state index in [4.69, 9.17) is 14.6 Å². The number of piperidine rings is 1. The minimum Gasteiger partial charge on any atom is -0.491 e. The summed E-state index contributed by atoms with van der Waals surface area (Å²) in [6.07, 6.45) is 0.448. The van der Waals surface area contributed by atoms with Crippen LogP contribution in [0, 0.1) is 0 Å². The topological polar surface area (TPSA) is 82.4 Å². The SMILES string of the molecule is OCCOc1ccccc1CN1CCC2(CC1)OCC[C@H](O)[C@@H]2O. The number of nitrogens with zero attached hydrogens (tertiary/aromatic N) is 1. The van der Waals surface area contributed by atoms with E-state index in [0.29, 0.717) is 25.9 Å². The van der Waals surface area contributed by atoms with Gasteiger partial charge in [-0.3, -0.25) is 4.90 Å². The van der Waals surface area contributed by atoms with Crippen molar-refractivity contribution in [2.24, 2.45) is 0 Å². The van der Waals surface area contributed by atoms with Gasteiger partial charge in [0.1, 0.15) is 18.5 Å². The van der Waals surface area contributed by atoms with E-state index in [9.17, 15) is 10.2 Å². The van der Waals surface area contributed by atoms with Gasteiger partial charge < -0.3 is 24.8 Å². The third kappa shape index (κ3) is 3.73. The van der Waals surface area contributed by atoms with Crippen LogP contribution in [0.15, 0.2) is 24.3 Å². The number of rotatable bonds is 5. The summed E-state index contributed by atoms with van der Waals surface area (Å²) in [5.41, 5.74) is 0.494. The van der Waals surface area contributed by atoms with Gasteiger partial charge >= 0.3 is 0 Å². The van der Waals surface area contributed by atoms with Crippen molar-refractivity contribution in [1.29, 1.82) is 0 Å². The summed E-state index contributed by atoms with van der Waals surface area (Å²) >= 11 is 0. The second kappa shape index (κ2) is 7.80. The van der Waals surface area contributed by atoms with Crippen LogP contribution in [0.25, 0.3) is 0 Å². The third-order valence-electron chi connectivity index (χ3n) is 5.12. The minimum absolute atomic E-state index is 0.00186. The predicted octanol–water partition coefficient (Wildman–Crippen LogP) is 0.534. The molecule has 2 atom stereocenters. The highest BCUT2D eigenvalue weighted by molar-refractivity contribution is 5.33. The lowest BCUT2D eigenvalue weighted by Gasteiger charge is -2.48. The molecule has 3 rings (SSSR count). The first kappa shape index (κ1) is 17.6. The minimum atomic E-state index is -0.798. The maximum absolute atomic E-state index is 10.3. The van der Waals surface area contributed by atoms with Gasteiger partial charge in [0.25, 0.3) is 0 Å². The van der Waals surface area contributed by atoms with E-state index >= 15 is 0 Å². The fourth-order valence-corrected chi connectivity index (χ4v) is 3.68. The van der Waals surface area contributed by atoms with Gasteiger partial charge in [0.05, 0.1) is 24.9 Å². The van der Waals surface area contributed by atoms with Gasteiger partial charge in [0.15, 0.2) is 0 Å². The fraction of sp³-hybridized carbons (Fsp3) is 0.667. The molecule has 134 valence electrons. The van der Waals surface area contributed by atoms with Gasteiger partial charge in [-0.1, -0.05) is 18.2 Å². The molecule has 0 unspecified atom stereocenters. The van der Waals surface area contributed by atoms with Crippen molar-refractivity contribution in [2.75, 3.05) is 32.9 Å². The Morgan fingerprint density at radius 3 is 2.71 bits per heavy atom. The van der Waals surface area contributed by atoms with Crippen LogP contribution in [0.4, 0.5) is 0 Å². The summed E-state index contributed by atoms with van der Waals surface area (Å²) in [5.74, 6) is 0.802. The molecule has 2 saturated heterocycles. The van der Waals surface area contributed by atoms with E-state index in [1.807, 2.05) is 24.3 Å². The van der Waals surface area contributed by atoms with Crippen LogP contribution < -0.4 is 4.74 Å². The quantitative estimate of drug-likeness (QED) is 0.727. The molecule has 0 aromatic heterocycles. The summed E-state index contributed by atoms with van der Waals surface area (Å²) < 4.78 is 11.5. The van der Waals surface area contributed by atoms with Crippen LogP contribution >= 0.6 is 0 Å². The Kier molecular flexibility index (Phi) is 5.73. The highest BCUT2D eigenvalue weighted by Crippen LogP contribution is 2.36. The first-order valence-electron chi connectivity index (χ1n) is 8.69. The molecular formula is C18H27NO5. The van der Waals surface area contributed by atoms with Crippen LogP contribution in [0.2, 0.25) is 0 Å². The first-order chi connectivity index (χ1) is 11.6. The van der Waals surface area contributed by atoms with Crippen LogP contribution in [-0.2, 0) is 11.3 Å². The van der Waals surface area contributed by atoms with Crippen molar-refractivity contribution in [3.63, 3.8) is 0 Å². The van der Waals surface area contributed by atoms with Gasteiger partial charge in [-0.05, 0) is 25.3 Å². The van der Waals surface area contributed by atoms with Crippen molar-refractivity contribution in [2.45, 2.75) is 43.6 Å². The van der Waals surface area contributed by atoms with Gasteiger partial charge in [-0.25, -0.2) is 0 Å². The molecule has 3 N–H and O–H groups in total. The maximum atomic E-state index is 10.3. The smallest absolute Gasteiger partial charge is 0.123 e. The van der Waals surface area contributed by atoms with E-state index < -0.39 is 17.8 Å². The molecule has 0 saturated carbocycles. The normalized spacial score (nSPS) is 27.3. The molecule has 2 fully saturated rings. The molecule has 1 aromatic rings. The molecule has 0 bridgehead atoms. The van der Waals surface area contributed by atoms with Crippen molar-refractivity contribution in [1.82, 2.24) is 4.90 Å². The summed E-state index contributed by atoms with van der Waals surface area (Å²) in [4.78, 5) is 2.31. The number of benzene rings is 1. The number of aliphatic hydroxyl groups is 3. The maximum Gasteiger partial charge on any atom is 0.123 e. The molecule has 6 nitrogen and oxygen atoms in total. The van der Waals surface area contributed by atoms with Crippen LogP contribution in [0.3, 0.4) is 0 Å². The number of likely N-dealkylation sites (tertiary alicyclic amines) is 1. The monoisotopic (exact) mass is 337 g/mol. The second-order valence-electron chi connectivity index (χ2n) is 6.67. The lowest BCUT2D eigenvalue weighted by molar-refractivity contribution is -0.214. The number of ether oxygens (including phenoxy) is 2. The molecule has 6 heteroatoms. The Balaban J connectivity index is 1.60. The van der Waals surface area contributed by atoms with Gasteiger partial charge in [0, 0.05) is 25.2 Å². The summed E-state index contributed by atoms with van der Waals surface area (Å²) in [5, 5.41) is 29.2. The summed E-state index contributed by atoms with van der Waals surface area (Å²) in [6, 6.07) is 7.86. The standard InChI is InChI=1S/C18H27NO5/c20-10-12-23-16-4-2-1-3-14(16)13-19-8-6-18(7-9-19)17(22)15(21)5-11-24-18/h1-4,15,17,20-22H,5-13H2/t15-,17-/m0/s1. The van der Waals surface area contributed by atoms with E-state index in [-0.39, 0.29) is 13.2 Å². The largest absolute Gasteiger partial charge is 0.491 e. The number of hydrogen-bond acceptors (Lipinski definition) is 6. The number of para-hydroxylation sites is 1.